The molecular weight excluding hydrogens is 575 g/mol. The van der Waals surface area contributed by atoms with Crippen LogP contribution >= 0.6 is 0 Å². The predicted molar refractivity (Wildman–Crippen MR) is 163 cm³/mol. The SMILES string of the molecule is CC1CN(c2ccc(C(=O)Nc3cc(F)c4nn(C)cc4c3)c3nc(OCCN4CCS(=O)(=O)CC4)ncc23)CC(C)N1. The highest BCUT2D eigenvalue weighted by atomic mass is 32.2. The molecule has 2 aromatic heterocycles. The first-order chi connectivity index (χ1) is 20.5. The van der Waals surface area contributed by atoms with Crippen LogP contribution in [0, 0.1) is 5.82 Å². The van der Waals surface area contributed by atoms with Crippen LogP contribution in [0.4, 0.5) is 15.8 Å². The lowest BCUT2D eigenvalue weighted by Crippen LogP contribution is -2.54. The van der Waals surface area contributed by atoms with Crippen molar-refractivity contribution in [2.45, 2.75) is 25.9 Å². The number of carbonyl (C=O) groups is 1. The molecule has 0 saturated carbocycles. The summed E-state index contributed by atoms with van der Waals surface area (Å²) in [5.41, 5.74) is 2.17. The Bertz CT molecular complexity index is 1770. The Morgan fingerprint density at radius 2 is 1.88 bits per heavy atom. The Balaban J connectivity index is 1.29. The van der Waals surface area contributed by atoms with Crippen molar-refractivity contribution >= 4 is 48.9 Å². The van der Waals surface area contributed by atoms with Gasteiger partial charge in [0, 0.05) is 86.4 Å². The molecule has 2 aliphatic heterocycles. The summed E-state index contributed by atoms with van der Waals surface area (Å²) in [6.45, 7) is 7.54. The first-order valence-corrected chi connectivity index (χ1v) is 16.2. The third kappa shape index (κ3) is 6.40. The van der Waals surface area contributed by atoms with Crippen molar-refractivity contribution in [3.8, 4) is 6.01 Å². The van der Waals surface area contributed by atoms with Gasteiger partial charge in [-0.05, 0) is 38.1 Å². The number of carbonyl (C=O) groups excluding carboxylic acids is 1. The number of halogens is 1. The Hall–Kier alpha value is -3.88. The number of piperazine rings is 1. The minimum atomic E-state index is -2.96. The van der Waals surface area contributed by atoms with Crippen molar-refractivity contribution in [1.82, 2.24) is 30.0 Å². The molecule has 2 fully saturated rings. The maximum atomic E-state index is 14.7. The van der Waals surface area contributed by atoms with Gasteiger partial charge in [0.1, 0.15) is 12.1 Å². The van der Waals surface area contributed by atoms with Gasteiger partial charge in [-0.15, -0.1) is 0 Å². The lowest BCUT2D eigenvalue weighted by Gasteiger charge is -2.38. The second-order valence-electron chi connectivity index (χ2n) is 11.4. The number of aryl methyl sites for hydroxylation is 1. The maximum Gasteiger partial charge on any atom is 0.316 e. The van der Waals surface area contributed by atoms with Crippen LogP contribution in [0.1, 0.15) is 24.2 Å². The number of aromatic nitrogens is 4. The summed E-state index contributed by atoms with van der Waals surface area (Å²) in [7, 11) is -1.25. The molecule has 43 heavy (non-hydrogen) atoms. The zero-order valence-electron chi connectivity index (χ0n) is 24.4. The van der Waals surface area contributed by atoms with Gasteiger partial charge in [0.2, 0.25) is 0 Å². The lowest BCUT2D eigenvalue weighted by molar-refractivity contribution is 0.102. The van der Waals surface area contributed by atoms with Gasteiger partial charge in [-0.25, -0.2) is 17.8 Å². The topological polar surface area (TPSA) is 135 Å². The second kappa shape index (κ2) is 11.7. The monoisotopic (exact) mass is 610 g/mol. The second-order valence-corrected chi connectivity index (χ2v) is 13.7. The summed E-state index contributed by atoms with van der Waals surface area (Å²) in [6.07, 6.45) is 3.36. The van der Waals surface area contributed by atoms with E-state index < -0.39 is 21.6 Å². The van der Waals surface area contributed by atoms with Crippen LogP contribution in [0.2, 0.25) is 0 Å². The molecule has 0 spiro atoms. The summed E-state index contributed by atoms with van der Waals surface area (Å²) < 4.78 is 45.6. The van der Waals surface area contributed by atoms with Crippen molar-refractivity contribution in [3.63, 3.8) is 0 Å². The molecule has 2 saturated heterocycles. The third-order valence-corrected chi connectivity index (χ3v) is 9.47. The molecule has 0 radical (unpaired) electrons. The first-order valence-electron chi connectivity index (χ1n) is 14.4. The molecule has 1 amide bonds. The van der Waals surface area contributed by atoms with E-state index in [4.69, 9.17) is 4.74 Å². The lowest BCUT2D eigenvalue weighted by atomic mass is 10.0. The van der Waals surface area contributed by atoms with E-state index in [1.807, 2.05) is 11.0 Å². The van der Waals surface area contributed by atoms with Gasteiger partial charge in [0.15, 0.2) is 15.7 Å². The fraction of sp³-hybridized carbons (Fsp3) is 0.448. The smallest absolute Gasteiger partial charge is 0.316 e. The summed E-state index contributed by atoms with van der Waals surface area (Å²) >= 11 is 0. The standard InChI is InChI=1S/C29H35FN8O4S/c1-18-15-38(16-19(2)32-18)25-5-4-22(28(39)33-21-12-20-17-36(3)35-26(20)24(30)13-21)27-23(25)14-31-29(34-27)42-9-6-37-7-10-43(40,41)11-8-37/h4-5,12-14,17-19,32H,6-11,15-16H2,1-3H3,(H,33,39). The molecule has 12 nitrogen and oxygen atoms in total. The van der Waals surface area contributed by atoms with Gasteiger partial charge < -0.3 is 20.3 Å². The number of nitrogens with zero attached hydrogens (tertiary/aromatic N) is 6. The van der Waals surface area contributed by atoms with E-state index in [1.54, 1.807) is 31.6 Å². The molecule has 2 atom stereocenters. The molecule has 0 aliphatic carbocycles. The molecule has 228 valence electrons. The summed E-state index contributed by atoms with van der Waals surface area (Å²) in [4.78, 5) is 27.0. The van der Waals surface area contributed by atoms with Crippen molar-refractivity contribution in [1.29, 1.82) is 0 Å². The van der Waals surface area contributed by atoms with Crippen molar-refractivity contribution in [2.75, 3.05) is 61.1 Å². The molecule has 14 heteroatoms. The number of rotatable bonds is 7. The minimum absolute atomic E-state index is 0.119. The Kier molecular flexibility index (Phi) is 7.92. The number of fused-ring (bicyclic) bond motifs is 2. The number of hydrogen-bond acceptors (Lipinski definition) is 10. The van der Waals surface area contributed by atoms with Crippen molar-refractivity contribution in [2.24, 2.45) is 7.05 Å². The van der Waals surface area contributed by atoms with Gasteiger partial charge >= 0.3 is 6.01 Å². The van der Waals surface area contributed by atoms with Gasteiger partial charge in [0.05, 0.1) is 22.6 Å². The van der Waals surface area contributed by atoms with Crippen LogP contribution in [-0.4, -0.2) is 102 Å². The van der Waals surface area contributed by atoms with E-state index in [1.165, 1.54) is 10.7 Å². The van der Waals surface area contributed by atoms with E-state index in [0.29, 0.717) is 47.2 Å². The number of anilines is 2. The fourth-order valence-electron chi connectivity index (χ4n) is 5.86. The number of sulfone groups is 1. The minimum Gasteiger partial charge on any atom is -0.462 e. The average molecular weight is 611 g/mol. The van der Waals surface area contributed by atoms with E-state index in [0.717, 1.165) is 18.8 Å². The molecule has 0 bridgehead atoms. The summed E-state index contributed by atoms with van der Waals surface area (Å²) in [5.74, 6) is -0.691. The van der Waals surface area contributed by atoms with E-state index in [9.17, 15) is 17.6 Å². The van der Waals surface area contributed by atoms with Gasteiger partial charge in [-0.1, -0.05) is 0 Å². The molecule has 2 N–H and O–H groups in total. The van der Waals surface area contributed by atoms with Crippen LogP contribution in [0.5, 0.6) is 6.01 Å². The number of benzene rings is 2. The average Bonchev–Trinajstić information content (AvgIpc) is 3.33. The van der Waals surface area contributed by atoms with E-state index in [-0.39, 0.29) is 41.7 Å². The highest BCUT2D eigenvalue weighted by molar-refractivity contribution is 7.91. The van der Waals surface area contributed by atoms with Crippen LogP contribution in [0.25, 0.3) is 21.8 Å². The van der Waals surface area contributed by atoms with Crippen molar-refractivity contribution < 1.29 is 22.3 Å². The number of nitrogens with one attached hydrogen (secondary N) is 2. The highest BCUT2D eigenvalue weighted by Crippen LogP contribution is 2.31. The van der Waals surface area contributed by atoms with E-state index >= 15 is 0 Å². The molecule has 4 heterocycles. The largest absolute Gasteiger partial charge is 0.462 e. The fourth-order valence-corrected chi connectivity index (χ4v) is 7.14. The predicted octanol–water partition coefficient (Wildman–Crippen LogP) is 2.20. The van der Waals surface area contributed by atoms with Gasteiger partial charge in [-0.3, -0.25) is 14.4 Å². The Morgan fingerprint density at radius 1 is 1.14 bits per heavy atom. The number of amides is 1. The molecule has 2 aromatic carbocycles. The zero-order chi connectivity index (χ0) is 30.3. The Labute approximate surface area is 249 Å². The van der Waals surface area contributed by atoms with Crippen LogP contribution in [0.3, 0.4) is 0 Å². The molecular formula is C29H35FN8O4S. The summed E-state index contributed by atoms with van der Waals surface area (Å²) in [5, 5.41) is 11.8. The normalized spacial score (nSPS) is 20.9. The van der Waals surface area contributed by atoms with Crippen molar-refractivity contribution in [3.05, 3.63) is 48.0 Å². The Morgan fingerprint density at radius 3 is 2.63 bits per heavy atom. The van der Waals surface area contributed by atoms with Crippen LogP contribution in [0.15, 0.2) is 36.7 Å². The number of ether oxygens (including phenoxy) is 1. The van der Waals surface area contributed by atoms with E-state index in [2.05, 4.69) is 44.4 Å². The highest BCUT2D eigenvalue weighted by Gasteiger charge is 2.25. The number of hydrogen-bond donors (Lipinski definition) is 2. The quantitative estimate of drug-likeness (QED) is 0.321. The molecule has 2 unspecified atom stereocenters. The molecule has 6 rings (SSSR count). The van der Waals surface area contributed by atoms with Gasteiger partial charge in [-0.2, -0.15) is 10.1 Å². The van der Waals surface area contributed by atoms with Crippen LogP contribution < -0.4 is 20.3 Å². The molecule has 2 aliphatic rings. The molecule has 4 aromatic rings. The van der Waals surface area contributed by atoms with Gasteiger partial charge in [0.25, 0.3) is 5.91 Å². The third-order valence-electron chi connectivity index (χ3n) is 7.86. The zero-order valence-corrected chi connectivity index (χ0v) is 25.2. The first kappa shape index (κ1) is 29.2. The summed E-state index contributed by atoms with van der Waals surface area (Å²) in [6, 6.07) is 7.23. The van der Waals surface area contributed by atoms with Crippen LogP contribution in [-0.2, 0) is 16.9 Å². The maximum absolute atomic E-state index is 14.7.